The second-order valence-electron chi connectivity index (χ2n) is 5.68. The minimum Gasteiger partial charge on any atom is -0.355 e. The zero-order chi connectivity index (χ0) is 18.9. The number of rotatable bonds is 8. The van der Waals surface area contributed by atoms with Crippen LogP contribution in [0.15, 0.2) is 48.5 Å². The van der Waals surface area contributed by atoms with Gasteiger partial charge < -0.3 is 10.6 Å². The van der Waals surface area contributed by atoms with Gasteiger partial charge in [0.15, 0.2) is 0 Å². The number of thioether (sulfide) groups is 1. The van der Waals surface area contributed by atoms with Crippen LogP contribution in [0.2, 0.25) is 0 Å². The maximum atomic E-state index is 12.8. The molecule has 0 aliphatic rings. The molecule has 0 radical (unpaired) electrons. The minimum absolute atomic E-state index is 0.115. The Kier molecular flexibility index (Phi) is 7.59. The first-order valence-corrected chi connectivity index (χ1v) is 9.18. The lowest BCUT2D eigenvalue weighted by atomic mass is 10.1. The summed E-state index contributed by atoms with van der Waals surface area (Å²) in [6.45, 7) is 2.17. The Labute approximate surface area is 155 Å². The molecule has 4 nitrogen and oxygen atoms in total. The predicted molar refractivity (Wildman–Crippen MR) is 100 cm³/mol. The van der Waals surface area contributed by atoms with E-state index in [-0.39, 0.29) is 34.5 Å². The zero-order valence-corrected chi connectivity index (χ0v) is 15.1. The third kappa shape index (κ3) is 6.84. The highest BCUT2D eigenvalue weighted by molar-refractivity contribution is 8.01. The first-order chi connectivity index (χ1) is 12.4. The first-order valence-electron chi connectivity index (χ1n) is 8.13. The van der Waals surface area contributed by atoms with Crippen LogP contribution in [-0.2, 0) is 16.0 Å². The predicted octanol–water partition coefficient (Wildman–Crippen LogP) is 3.38. The van der Waals surface area contributed by atoms with Crippen molar-refractivity contribution in [2.75, 3.05) is 17.6 Å². The van der Waals surface area contributed by atoms with Gasteiger partial charge in [0.05, 0.1) is 11.0 Å². The highest BCUT2D eigenvalue weighted by Gasteiger charge is 2.15. The summed E-state index contributed by atoms with van der Waals surface area (Å²) in [5.74, 6) is -0.964. The summed E-state index contributed by atoms with van der Waals surface area (Å²) in [5.41, 5.74) is 1.44. The quantitative estimate of drug-likeness (QED) is 0.740. The van der Waals surface area contributed by atoms with E-state index in [0.717, 1.165) is 5.56 Å². The van der Waals surface area contributed by atoms with Gasteiger partial charge >= 0.3 is 0 Å². The summed E-state index contributed by atoms with van der Waals surface area (Å²) in [7, 11) is 0. The fourth-order valence-corrected chi connectivity index (χ4v) is 2.84. The molecule has 0 aliphatic carbocycles. The molecule has 1 unspecified atom stereocenters. The third-order valence-electron chi connectivity index (χ3n) is 3.59. The van der Waals surface area contributed by atoms with Gasteiger partial charge in [-0.05, 0) is 55.3 Å². The van der Waals surface area contributed by atoms with E-state index in [1.165, 1.54) is 48.2 Å². The van der Waals surface area contributed by atoms with E-state index >= 15 is 0 Å². The number of carbonyl (C=O) groups excluding carboxylic acids is 2. The molecule has 26 heavy (non-hydrogen) atoms. The molecule has 0 bridgehead atoms. The molecular weight excluding hydrogens is 358 g/mol. The van der Waals surface area contributed by atoms with Crippen molar-refractivity contribution in [2.24, 2.45) is 0 Å². The fraction of sp³-hybridized carbons (Fsp3) is 0.263. The maximum absolute atomic E-state index is 12.8. The third-order valence-corrected chi connectivity index (χ3v) is 4.73. The van der Waals surface area contributed by atoms with Gasteiger partial charge in [-0.15, -0.1) is 11.8 Å². The van der Waals surface area contributed by atoms with Gasteiger partial charge in [-0.25, -0.2) is 8.78 Å². The van der Waals surface area contributed by atoms with Crippen LogP contribution in [0, 0.1) is 11.6 Å². The molecule has 0 heterocycles. The number of anilines is 1. The molecule has 2 N–H and O–H groups in total. The molecule has 7 heteroatoms. The first kappa shape index (κ1) is 19.9. The van der Waals surface area contributed by atoms with Crippen LogP contribution in [0.3, 0.4) is 0 Å². The lowest BCUT2D eigenvalue weighted by Gasteiger charge is -2.12. The molecule has 0 saturated carbocycles. The average molecular weight is 378 g/mol. The molecule has 2 amide bonds. The molecule has 0 aliphatic heterocycles. The summed E-state index contributed by atoms with van der Waals surface area (Å²) in [5, 5.41) is 5.06. The molecule has 2 aromatic carbocycles. The zero-order valence-electron chi connectivity index (χ0n) is 14.3. The van der Waals surface area contributed by atoms with Crippen LogP contribution < -0.4 is 10.6 Å². The van der Waals surface area contributed by atoms with Crippen LogP contribution in [0.25, 0.3) is 0 Å². The van der Waals surface area contributed by atoms with Crippen molar-refractivity contribution in [3.63, 3.8) is 0 Å². The van der Waals surface area contributed by atoms with Gasteiger partial charge in [0, 0.05) is 12.2 Å². The van der Waals surface area contributed by atoms with Gasteiger partial charge in [-0.1, -0.05) is 12.1 Å². The highest BCUT2D eigenvalue weighted by atomic mass is 32.2. The second-order valence-corrected chi connectivity index (χ2v) is 7.00. The molecule has 0 saturated heterocycles. The van der Waals surface area contributed by atoms with E-state index in [1.54, 1.807) is 19.1 Å². The van der Waals surface area contributed by atoms with Crippen molar-refractivity contribution in [2.45, 2.75) is 18.6 Å². The van der Waals surface area contributed by atoms with Crippen molar-refractivity contribution in [3.8, 4) is 0 Å². The average Bonchev–Trinajstić information content (AvgIpc) is 2.63. The maximum Gasteiger partial charge on any atom is 0.234 e. The Morgan fingerprint density at radius 1 is 1.00 bits per heavy atom. The van der Waals surface area contributed by atoms with Crippen molar-refractivity contribution < 1.29 is 18.4 Å². The molecule has 0 fully saturated rings. The molecule has 0 spiro atoms. The summed E-state index contributed by atoms with van der Waals surface area (Å²) >= 11 is 1.22. The molecule has 138 valence electrons. The van der Waals surface area contributed by atoms with Gasteiger partial charge in [0.25, 0.3) is 0 Å². The Hall–Kier alpha value is -2.41. The monoisotopic (exact) mass is 378 g/mol. The van der Waals surface area contributed by atoms with Crippen LogP contribution in [0.1, 0.15) is 12.5 Å². The number of halogens is 2. The minimum atomic E-state index is -0.387. The number of hydrogen-bond donors (Lipinski definition) is 2. The molecular formula is C19H20F2N2O2S. The lowest BCUT2D eigenvalue weighted by molar-refractivity contribution is -0.120. The lowest BCUT2D eigenvalue weighted by Crippen LogP contribution is -2.33. The van der Waals surface area contributed by atoms with E-state index in [4.69, 9.17) is 0 Å². The van der Waals surface area contributed by atoms with Crippen LogP contribution in [0.4, 0.5) is 14.5 Å². The van der Waals surface area contributed by atoms with E-state index in [2.05, 4.69) is 10.6 Å². The number of hydrogen-bond acceptors (Lipinski definition) is 3. The van der Waals surface area contributed by atoms with E-state index in [0.29, 0.717) is 18.7 Å². The van der Waals surface area contributed by atoms with Crippen molar-refractivity contribution >= 4 is 29.3 Å². The largest absolute Gasteiger partial charge is 0.355 e. The van der Waals surface area contributed by atoms with Crippen molar-refractivity contribution in [1.29, 1.82) is 0 Å². The second kappa shape index (κ2) is 9.91. The molecule has 0 aromatic heterocycles. The highest BCUT2D eigenvalue weighted by Crippen LogP contribution is 2.13. The van der Waals surface area contributed by atoms with E-state index < -0.39 is 0 Å². The standard InChI is InChI=1S/C19H20F2N2O2S/c1-13(19(25)22-11-10-14-2-4-15(20)5-3-14)26-12-18(24)23-17-8-6-16(21)7-9-17/h2-9,13H,10-12H2,1H3,(H,22,25)(H,23,24). The SMILES string of the molecule is CC(SCC(=O)Nc1ccc(F)cc1)C(=O)NCCc1ccc(F)cc1. The summed E-state index contributed by atoms with van der Waals surface area (Å²) in [4.78, 5) is 23.9. The Morgan fingerprint density at radius 2 is 1.58 bits per heavy atom. The summed E-state index contributed by atoms with van der Waals surface area (Å²) in [6, 6.07) is 11.6. The molecule has 2 aromatic rings. The number of nitrogens with one attached hydrogen (secondary N) is 2. The summed E-state index contributed by atoms with van der Waals surface area (Å²) in [6.07, 6.45) is 0.606. The molecule has 2 rings (SSSR count). The Bertz CT molecular complexity index is 736. The fourth-order valence-electron chi connectivity index (χ4n) is 2.13. The van der Waals surface area contributed by atoms with Crippen molar-refractivity contribution in [1.82, 2.24) is 5.32 Å². The van der Waals surface area contributed by atoms with Crippen LogP contribution in [0.5, 0.6) is 0 Å². The van der Waals surface area contributed by atoms with Crippen molar-refractivity contribution in [3.05, 3.63) is 65.7 Å². The van der Waals surface area contributed by atoms with Gasteiger partial charge in [-0.2, -0.15) is 0 Å². The van der Waals surface area contributed by atoms with Crippen LogP contribution in [-0.4, -0.2) is 29.4 Å². The number of benzene rings is 2. The Morgan fingerprint density at radius 3 is 2.19 bits per heavy atom. The topological polar surface area (TPSA) is 58.2 Å². The molecule has 1 atom stereocenters. The summed E-state index contributed by atoms with van der Waals surface area (Å²) < 4.78 is 25.6. The van der Waals surface area contributed by atoms with E-state index in [9.17, 15) is 18.4 Å². The number of carbonyl (C=O) groups is 2. The normalized spacial score (nSPS) is 11.7. The number of amides is 2. The Balaban J connectivity index is 1.66. The van der Waals surface area contributed by atoms with E-state index in [1.807, 2.05) is 0 Å². The smallest absolute Gasteiger partial charge is 0.234 e. The van der Waals surface area contributed by atoms with Gasteiger partial charge in [0.2, 0.25) is 11.8 Å². The van der Waals surface area contributed by atoms with Crippen LogP contribution >= 0.6 is 11.8 Å². The van der Waals surface area contributed by atoms with Gasteiger partial charge in [0.1, 0.15) is 11.6 Å². The van der Waals surface area contributed by atoms with Gasteiger partial charge in [-0.3, -0.25) is 9.59 Å².